The number of hydrogen-bond donors (Lipinski definition) is 0. The molecule has 2 saturated heterocycles. The molecule has 1 aliphatic carbocycles. The van der Waals surface area contributed by atoms with Crippen molar-refractivity contribution in [3.63, 3.8) is 0 Å². The number of hydrogen-bond acceptors (Lipinski definition) is 8. The van der Waals surface area contributed by atoms with E-state index in [9.17, 15) is 22.8 Å². The summed E-state index contributed by atoms with van der Waals surface area (Å²) in [7, 11) is -1.69. The Hall–Kier alpha value is -3.24. The van der Waals surface area contributed by atoms with Gasteiger partial charge in [-0.2, -0.15) is 0 Å². The lowest BCUT2D eigenvalue weighted by Crippen LogP contribution is -2.73. The van der Waals surface area contributed by atoms with Crippen LogP contribution < -0.4 is 4.31 Å². The fraction of sp³-hybridized carbons (Fsp3) is 0.483. The molecular formula is C29H32N2O7S. The third-order valence-electron chi connectivity index (χ3n) is 9.49. The Labute approximate surface area is 228 Å². The number of benzene rings is 2. The van der Waals surface area contributed by atoms with Crippen molar-refractivity contribution < 1.29 is 32.3 Å². The summed E-state index contributed by atoms with van der Waals surface area (Å²) in [6, 6.07) is 12.4. The van der Waals surface area contributed by atoms with Crippen molar-refractivity contribution in [2.24, 2.45) is 11.3 Å². The van der Waals surface area contributed by atoms with Crippen LogP contribution in [0.25, 0.3) is 0 Å². The smallest absolute Gasteiger partial charge is 0.318 e. The average molecular weight is 553 g/mol. The second kappa shape index (κ2) is 8.89. The highest BCUT2D eigenvalue weighted by molar-refractivity contribution is 7.93. The monoisotopic (exact) mass is 552 g/mol. The number of aryl methyl sites for hydroxylation is 1. The Kier molecular flexibility index (Phi) is 5.93. The predicted octanol–water partition coefficient (Wildman–Crippen LogP) is 2.60. The van der Waals surface area contributed by atoms with E-state index in [1.807, 2.05) is 19.1 Å². The fourth-order valence-electron chi connectivity index (χ4n) is 8.12. The molecule has 4 aliphatic rings. The first-order valence-corrected chi connectivity index (χ1v) is 14.7. The summed E-state index contributed by atoms with van der Waals surface area (Å²) in [5.41, 5.74) is 0.0688. The van der Waals surface area contributed by atoms with E-state index in [0.29, 0.717) is 31.5 Å². The molecule has 1 saturated carbocycles. The van der Waals surface area contributed by atoms with Crippen LogP contribution in [-0.2, 0) is 39.3 Å². The molecule has 0 aromatic heterocycles. The van der Waals surface area contributed by atoms with Crippen molar-refractivity contribution >= 4 is 33.4 Å². The number of ether oxygens (including phenoxy) is 2. The van der Waals surface area contributed by atoms with Gasteiger partial charge in [0.05, 0.1) is 42.7 Å². The second-order valence-corrected chi connectivity index (χ2v) is 13.0. The van der Waals surface area contributed by atoms with Crippen LogP contribution in [0.1, 0.15) is 36.8 Å². The molecule has 0 radical (unpaired) electrons. The molecule has 0 bridgehead atoms. The summed E-state index contributed by atoms with van der Waals surface area (Å²) in [6.45, 7) is 3.23. The van der Waals surface area contributed by atoms with Crippen LogP contribution in [0.4, 0.5) is 5.69 Å². The number of carbonyl (C=O) groups excluding carboxylic acids is 3. The van der Waals surface area contributed by atoms with Gasteiger partial charge in [0, 0.05) is 11.5 Å². The zero-order valence-electron chi connectivity index (χ0n) is 22.3. The van der Waals surface area contributed by atoms with Crippen LogP contribution in [0, 0.1) is 18.3 Å². The molecule has 6 rings (SSSR count). The molecule has 0 amide bonds. The van der Waals surface area contributed by atoms with Crippen LogP contribution in [0.2, 0.25) is 0 Å². The molecule has 3 aliphatic heterocycles. The van der Waals surface area contributed by atoms with E-state index in [-0.39, 0.29) is 11.3 Å². The first-order valence-electron chi connectivity index (χ1n) is 13.3. The topological polar surface area (TPSA) is 110 Å². The highest BCUT2D eigenvalue weighted by atomic mass is 32.2. The normalized spacial score (nSPS) is 31.3. The maximum atomic E-state index is 14.6. The lowest BCUT2D eigenvalue weighted by molar-refractivity contribution is -0.169. The van der Waals surface area contributed by atoms with E-state index < -0.39 is 56.6 Å². The van der Waals surface area contributed by atoms with Gasteiger partial charge in [0.1, 0.15) is 5.92 Å². The van der Waals surface area contributed by atoms with E-state index in [1.165, 1.54) is 18.5 Å². The number of carbonyl (C=O) groups is 3. The van der Waals surface area contributed by atoms with Gasteiger partial charge in [-0.25, -0.2) is 8.42 Å². The molecule has 206 valence electrons. The van der Waals surface area contributed by atoms with Crippen LogP contribution in [-0.4, -0.2) is 70.4 Å². The van der Waals surface area contributed by atoms with Crippen molar-refractivity contribution in [3.05, 3.63) is 59.7 Å². The zero-order valence-corrected chi connectivity index (χ0v) is 23.1. The van der Waals surface area contributed by atoms with Crippen molar-refractivity contribution in [2.75, 3.05) is 31.6 Å². The Morgan fingerprint density at radius 2 is 1.72 bits per heavy atom. The minimum absolute atomic E-state index is 0.0842. The quantitative estimate of drug-likeness (QED) is 0.411. The summed E-state index contributed by atoms with van der Waals surface area (Å²) in [5.74, 6) is -3.15. The molecular weight excluding hydrogens is 520 g/mol. The summed E-state index contributed by atoms with van der Waals surface area (Å²) in [6.07, 6.45) is 1.47. The molecule has 5 atom stereocenters. The number of para-hydroxylation sites is 1. The van der Waals surface area contributed by atoms with Crippen LogP contribution in [0.5, 0.6) is 0 Å². The Bertz CT molecular complexity index is 1470. The number of ketones is 1. The van der Waals surface area contributed by atoms with E-state index in [2.05, 4.69) is 4.90 Å². The minimum Gasteiger partial charge on any atom is -0.469 e. The number of anilines is 1. The fourth-order valence-corrected chi connectivity index (χ4v) is 9.85. The van der Waals surface area contributed by atoms with Crippen molar-refractivity contribution in [2.45, 2.75) is 55.0 Å². The predicted molar refractivity (Wildman–Crippen MR) is 142 cm³/mol. The van der Waals surface area contributed by atoms with E-state index >= 15 is 0 Å². The summed E-state index contributed by atoms with van der Waals surface area (Å²) >= 11 is 0. The molecule has 39 heavy (non-hydrogen) atoms. The Balaban J connectivity index is 1.65. The Morgan fingerprint density at radius 1 is 1.00 bits per heavy atom. The SMILES string of the molecule is COC(=O)C[C@]12CCCN3CC[C@@]4(c5ccccc5N(S(=O)(=O)c5ccc(C)cc5)[C@H]4C(C(=O)OC)C1=O)[C@@H]32. The van der Waals surface area contributed by atoms with Gasteiger partial charge in [0.15, 0.2) is 5.78 Å². The number of sulfonamides is 1. The van der Waals surface area contributed by atoms with Crippen LogP contribution in [0.3, 0.4) is 0 Å². The molecule has 0 N–H and O–H groups in total. The van der Waals surface area contributed by atoms with Crippen molar-refractivity contribution in [3.8, 4) is 0 Å². The summed E-state index contributed by atoms with van der Waals surface area (Å²) in [4.78, 5) is 43.3. The number of methoxy groups -OCH3 is 2. The Morgan fingerprint density at radius 3 is 2.41 bits per heavy atom. The van der Waals surface area contributed by atoms with Gasteiger partial charge in [0.2, 0.25) is 0 Å². The standard InChI is InChI=1S/C29H32N2O7S/c1-18-9-11-19(12-10-18)39(35,36)31-21-8-5-4-7-20(21)29-14-16-30-15-6-13-28(27(29)30,17-22(32)37-2)25(33)23(24(29)31)26(34)38-3/h4-5,7-12,23-24,27H,6,13-17H2,1-3H3/t23?,24-,27-,28+,29-/m0/s1. The molecule has 2 aromatic rings. The number of esters is 2. The number of fused-ring (bicyclic) bond motifs is 1. The zero-order chi connectivity index (χ0) is 27.7. The van der Waals surface area contributed by atoms with E-state index in [0.717, 1.165) is 17.7 Å². The molecule has 2 aromatic carbocycles. The first-order chi connectivity index (χ1) is 18.6. The molecule has 1 spiro atoms. The molecule has 10 heteroatoms. The van der Waals surface area contributed by atoms with Gasteiger partial charge in [-0.1, -0.05) is 35.9 Å². The minimum atomic E-state index is -4.19. The number of rotatable bonds is 5. The summed E-state index contributed by atoms with van der Waals surface area (Å²) in [5, 5.41) is 0. The van der Waals surface area contributed by atoms with Gasteiger partial charge >= 0.3 is 11.9 Å². The average Bonchev–Trinajstić information content (AvgIpc) is 3.47. The maximum absolute atomic E-state index is 14.6. The maximum Gasteiger partial charge on any atom is 0.318 e. The number of nitrogens with zero attached hydrogens (tertiary/aromatic N) is 2. The van der Waals surface area contributed by atoms with Crippen molar-refractivity contribution in [1.29, 1.82) is 0 Å². The van der Waals surface area contributed by atoms with Gasteiger partial charge < -0.3 is 9.47 Å². The van der Waals surface area contributed by atoms with E-state index in [4.69, 9.17) is 9.47 Å². The summed E-state index contributed by atoms with van der Waals surface area (Å²) < 4.78 is 40.4. The third kappa shape index (κ3) is 3.34. The molecule has 3 fully saturated rings. The third-order valence-corrected chi connectivity index (χ3v) is 11.3. The lowest BCUT2D eigenvalue weighted by Gasteiger charge is -2.58. The van der Waals surface area contributed by atoms with Gasteiger partial charge in [0.25, 0.3) is 10.0 Å². The molecule has 1 unspecified atom stereocenters. The number of piperidine rings is 1. The molecule has 3 heterocycles. The second-order valence-electron chi connectivity index (χ2n) is 11.2. The highest BCUT2D eigenvalue weighted by Crippen LogP contribution is 2.66. The highest BCUT2D eigenvalue weighted by Gasteiger charge is 2.76. The first kappa shape index (κ1) is 26.0. The van der Waals surface area contributed by atoms with Gasteiger partial charge in [-0.05, 0) is 63.0 Å². The van der Waals surface area contributed by atoms with Crippen LogP contribution in [0.15, 0.2) is 53.4 Å². The largest absolute Gasteiger partial charge is 0.469 e. The lowest BCUT2D eigenvalue weighted by atomic mass is 9.49. The molecule has 9 nitrogen and oxygen atoms in total. The van der Waals surface area contributed by atoms with Gasteiger partial charge in [-0.3, -0.25) is 23.6 Å². The number of Topliss-reactive ketones (excluding diaryl/α,β-unsaturated/α-hetero) is 1. The van der Waals surface area contributed by atoms with E-state index in [1.54, 1.807) is 36.4 Å². The van der Waals surface area contributed by atoms with Crippen LogP contribution >= 0.6 is 0 Å². The van der Waals surface area contributed by atoms with Crippen molar-refractivity contribution in [1.82, 2.24) is 4.90 Å². The van der Waals surface area contributed by atoms with Gasteiger partial charge in [-0.15, -0.1) is 0 Å².